The molecule has 0 aliphatic carbocycles. The van der Waals surface area contributed by atoms with E-state index in [1.54, 1.807) is 0 Å². The molecule has 0 radical (unpaired) electrons. The van der Waals surface area contributed by atoms with E-state index in [0.29, 0.717) is 0 Å². The summed E-state index contributed by atoms with van der Waals surface area (Å²) in [4.78, 5) is 9.60. The van der Waals surface area contributed by atoms with Crippen LogP contribution in [0.1, 0.15) is 0 Å². The minimum Gasteiger partial charge on any atom is -0.450 e. The fraction of sp³-hybridized carbons (Fsp3) is 0.250. The van der Waals surface area contributed by atoms with E-state index in [0.717, 1.165) is 0 Å². The van der Waals surface area contributed by atoms with Crippen LogP contribution in [0, 0.1) is 22.7 Å². The van der Waals surface area contributed by atoms with Crippen molar-refractivity contribution in [2.75, 3.05) is 0 Å². The van der Waals surface area contributed by atoms with Gasteiger partial charge in [0.15, 0.2) is 0 Å². The van der Waals surface area contributed by atoms with Crippen molar-refractivity contribution >= 4 is 6.16 Å². The summed E-state index contributed by atoms with van der Waals surface area (Å²) >= 11 is 0. The molecule has 0 aromatic carbocycles. The van der Waals surface area contributed by atoms with Gasteiger partial charge in [-0.25, -0.2) is 4.79 Å². The topological polar surface area (TPSA) is 94.1 Å². The summed E-state index contributed by atoms with van der Waals surface area (Å²) in [6.45, 7) is 0. The Bertz CT molecular complexity index is 173. The maximum Gasteiger partial charge on any atom is 0.507 e. The van der Waals surface area contributed by atoms with E-state index in [1.807, 2.05) is 0 Å². The smallest absolute Gasteiger partial charge is 0.450 e. The lowest BCUT2D eigenvalue weighted by molar-refractivity contribution is 0.0870. The summed E-state index contributed by atoms with van der Waals surface area (Å²) in [7, 11) is 0. The van der Waals surface area contributed by atoms with Crippen molar-refractivity contribution in [2.45, 2.75) is 6.10 Å². The molecule has 0 bridgehead atoms. The fourth-order valence-electron chi connectivity index (χ4n) is 0.182. The highest BCUT2D eigenvalue weighted by Gasteiger charge is 2.08. The lowest BCUT2D eigenvalue weighted by Gasteiger charge is -1.94. The van der Waals surface area contributed by atoms with Crippen LogP contribution < -0.4 is 0 Å². The molecule has 0 atom stereocenters. The molecule has 0 aromatic heterocycles. The molecule has 0 spiro atoms. The van der Waals surface area contributed by atoms with Crippen molar-refractivity contribution in [1.29, 1.82) is 10.5 Å². The lowest BCUT2D eigenvalue weighted by atomic mass is 10.4. The average Bonchev–Trinajstić information content (AvgIpc) is 1.82. The summed E-state index contributed by atoms with van der Waals surface area (Å²) in [6, 6.07) is 2.64. The van der Waals surface area contributed by atoms with Gasteiger partial charge in [-0.05, 0) is 0 Å². The van der Waals surface area contributed by atoms with Crippen molar-refractivity contribution < 1.29 is 14.6 Å². The molecule has 0 saturated heterocycles. The van der Waals surface area contributed by atoms with Crippen molar-refractivity contribution in [3.63, 3.8) is 0 Å². The third-order valence-electron chi connectivity index (χ3n) is 0.453. The van der Waals surface area contributed by atoms with Gasteiger partial charge in [-0.2, -0.15) is 10.5 Å². The zero-order chi connectivity index (χ0) is 7.28. The SMILES string of the molecule is N#CC(C#N)OC(=O)O. The van der Waals surface area contributed by atoms with Gasteiger partial charge >= 0.3 is 6.16 Å². The zero-order valence-corrected chi connectivity index (χ0v) is 4.24. The van der Waals surface area contributed by atoms with Gasteiger partial charge in [-0.3, -0.25) is 0 Å². The van der Waals surface area contributed by atoms with Crippen LogP contribution in [0.5, 0.6) is 0 Å². The molecule has 5 nitrogen and oxygen atoms in total. The Hall–Kier alpha value is -1.75. The molecule has 0 amide bonds. The molecule has 0 fully saturated rings. The Kier molecular flexibility index (Phi) is 2.64. The van der Waals surface area contributed by atoms with Gasteiger partial charge in [0.25, 0.3) is 6.10 Å². The predicted octanol–water partition coefficient (Wildman–Crippen LogP) is 0.0968. The lowest BCUT2D eigenvalue weighted by Crippen LogP contribution is -2.11. The summed E-state index contributed by atoms with van der Waals surface area (Å²) in [5.74, 6) is 0. The van der Waals surface area contributed by atoms with E-state index in [-0.39, 0.29) is 0 Å². The second kappa shape index (κ2) is 3.28. The number of carboxylic acid groups (broad SMARTS) is 1. The van der Waals surface area contributed by atoms with Gasteiger partial charge in [0.2, 0.25) is 0 Å². The van der Waals surface area contributed by atoms with Crippen LogP contribution in [0.2, 0.25) is 0 Å². The fourth-order valence-corrected chi connectivity index (χ4v) is 0.182. The van der Waals surface area contributed by atoms with Gasteiger partial charge in [-0.15, -0.1) is 0 Å². The normalized spacial score (nSPS) is 7.44. The largest absolute Gasteiger partial charge is 0.507 e. The van der Waals surface area contributed by atoms with Crippen molar-refractivity contribution in [3.05, 3.63) is 0 Å². The van der Waals surface area contributed by atoms with Crippen LogP contribution >= 0.6 is 0 Å². The van der Waals surface area contributed by atoms with Crippen molar-refractivity contribution in [2.24, 2.45) is 0 Å². The van der Waals surface area contributed by atoms with E-state index in [9.17, 15) is 4.79 Å². The molecule has 0 rings (SSSR count). The molecule has 46 valence electrons. The second-order valence-corrected chi connectivity index (χ2v) is 1.02. The third kappa shape index (κ3) is 2.89. The summed E-state index contributed by atoms with van der Waals surface area (Å²) in [5, 5.41) is 23.6. The first-order valence-electron chi connectivity index (χ1n) is 1.89. The van der Waals surface area contributed by atoms with Gasteiger partial charge < -0.3 is 9.84 Å². The van der Waals surface area contributed by atoms with E-state index in [2.05, 4.69) is 4.74 Å². The number of nitrogens with zero attached hydrogens (tertiary/aromatic N) is 2. The molecule has 0 heterocycles. The van der Waals surface area contributed by atoms with E-state index in [4.69, 9.17) is 15.6 Å². The molecule has 1 N–H and O–H groups in total. The Labute approximate surface area is 50.7 Å². The quantitative estimate of drug-likeness (QED) is 0.502. The van der Waals surface area contributed by atoms with Crippen LogP contribution in [0.25, 0.3) is 0 Å². The third-order valence-corrected chi connectivity index (χ3v) is 0.453. The van der Waals surface area contributed by atoms with Gasteiger partial charge in [0.05, 0.1) is 0 Å². The average molecular weight is 126 g/mol. The number of ether oxygens (including phenoxy) is 1. The predicted molar refractivity (Wildman–Crippen MR) is 24.1 cm³/mol. The first-order valence-corrected chi connectivity index (χ1v) is 1.89. The highest BCUT2D eigenvalue weighted by atomic mass is 16.7. The van der Waals surface area contributed by atoms with Crippen LogP contribution in [-0.4, -0.2) is 17.4 Å². The Morgan fingerprint density at radius 2 is 2.00 bits per heavy atom. The first-order chi connectivity index (χ1) is 4.20. The molecule has 5 heteroatoms. The van der Waals surface area contributed by atoms with Gasteiger partial charge in [0, 0.05) is 0 Å². The number of hydrogen-bond acceptors (Lipinski definition) is 4. The molecule has 0 saturated carbocycles. The van der Waals surface area contributed by atoms with E-state index < -0.39 is 12.3 Å². The van der Waals surface area contributed by atoms with Crippen molar-refractivity contribution in [3.8, 4) is 12.1 Å². The summed E-state index contributed by atoms with van der Waals surface area (Å²) in [6.07, 6.45) is -3.13. The van der Waals surface area contributed by atoms with Crippen LogP contribution in [0.15, 0.2) is 0 Å². The molecular formula is C4H2N2O3. The number of nitriles is 2. The number of carbonyl (C=O) groups is 1. The minimum atomic E-state index is -1.62. The first kappa shape index (κ1) is 7.25. The highest BCUT2D eigenvalue weighted by Crippen LogP contribution is 1.86. The Morgan fingerprint density at radius 1 is 1.56 bits per heavy atom. The van der Waals surface area contributed by atoms with Crippen LogP contribution in [0.3, 0.4) is 0 Å². The number of hydrogen-bond donors (Lipinski definition) is 1. The van der Waals surface area contributed by atoms with Crippen molar-refractivity contribution in [1.82, 2.24) is 0 Å². The number of rotatable bonds is 1. The van der Waals surface area contributed by atoms with Crippen LogP contribution in [-0.2, 0) is 4.74 Å². The minimum absolute atomic E-state index is 1.32. The van der Waals surface area contributed by atoms with Crippen LogP contribution in [0.4, 0.5) is 4.79 Å². The molecular weight excluding hydrogens is 124 g/mol. The maximum atomic E-state index is 9.60. The monoisotopic (exact) mass is 126 g/mol. The standard InChI is InChI=1S/C4H2N2O3/c5-1-3(2-6)9-4(7)8/h3H,(H,7,8). The second-order valence-electron chi connectivity index (χ2n) is 1.02. The zero-order valence-electron chi connectivity index (χ0n) is 4.24. The Balaban J connectivity index is 3.78. The van der Waals surface area contributed by atoms with E-state index in [1.165, 1.54) is 12.1 Å². The molecule has 0 aliphatic heterocycles. The van der Waals surface area contributed by atoms with Gasteiger partial charge in [0.1, 0.15) is 12.1 Å². The highest BCUT2D eigenvalue weighted by molar-refractivity contribution is 5.57. The molecule has 0 unspecified atom stereocenters. The van der Waals surface area contributed by atoms with Gasteiger partial charge in [-0.1, -0.05) is 0 Å². The molecule has 0 aliphatic rings. The molecule has 9 heavy (non-hydrogen) atoms. The van der Waals surface area contributed by atoms with E-state index >= 15 is 0 Å². The summed E-state index contributed by atoms with van der Waals surface area (Å²) in [5.41, 5.74) is 0. The molecule has 0 aromatic rings. The summed E-state index contributed by atoms with van der Waals surface area (Å²) < 4.78 is 3.74. The maximum absolute atomic E-state index is 9.60. The Morgan fingerprint density at radius 3 is 2.11 bits per heavy atom.